The van der Waals surface area contributed by atoms with E-state index in [9.17, 15) is 4.79 Å². The molecule has 8 nitrogen and oxygen atoms in total. The monoisotopic (exact) mass is 418 g/mol. The Balaban J connectivity index is 1.44. The van der Waals surface area contributed by atoms with Crippen LogP contribution in [0.1, 0.15) is 15.9 Å². The van der Waals surface area contributed by atoms with Gasteiger partial charge in [0.1, 0.15) is 11.6 Å². The quantitative estimate of drug-likeness (QED) is 0.470. The highest BCUT2D eigenvalue weighted by Crippen LogP contribution is 2.27. The summed E-state index contributed by atoms with van der Waals surface area (Å²) in [7, 11) is 1.75. The van der Waals surface area contributed by atoms with Gasteiger partial charge in [-0.1, -0.05) is 41.7 Å². The summed E-state index contributed by atoms with van der Waals surface area (Å²) in [5.74, 6) is 0.0971. The van der Waals surface area contributed by atoms with Crippen LogP contribution >= 0.6 is 11.3 Å². The van der Waals surface area contributed by atoms with Crippen LogP contribution in [0.2, 0.25) is 0 Å². The van der Waals surface area contributed by atoms with Crippen LogP contribution in [0.15, 0.2) is 67.1 Å². The molecule has 0 saturated heterocycles. The Morgan fingerprint density at radius 2 is 1.90 bits per heavy atom. The van der Waals surface area contributed by atoms with Crippen LogP contribution in [0, 0.1) is 0 Å². The van der Waals surface area contributed by atoms with Gasteiger partial charge in [0.2, 0.25) is 11.0 Å². The molecule has 3 heterocycles. The second kappa shape index (κ2) is 9.10. The zero-order valence-electron chi connectivity index (χ0n) is 16.1. The van der Waals surface area contributed by atoms with Gasteiger partial charge in [0.25, 0.3) is 5.91 Å². The number of nitrogens with one attached hydrogen (secondary N) is 2. The Kier molecular flexibility index (Phi) is 5.90. The number of ether oxygens (including phenoxy) is 1. The van der Waals surface area contributed by atoms with E-state index in [0.29, 0.717) is 33.9 Å². The minimum absolute atomic E-state index is 0.328. The topological polar surface area (TPSA) is 102 Å². The van der Waals surface area contributed by atoms with Crippen LogP contribution in [0.4, 0.5) is 10.8 Å². The number of hydrogen-bond donors (Lipinski definition) is 2. The third-order valence-electron chi connectivity index (χ3n) is 4.17. The van der Waals surface area contributed by atoms with Gasteiger partial charge in [0.15, 0.2) is 0 Å². The summed E-state index contributed by atoms with van der Waals surface area (Å²) in [5.41, 5.74) is 2.92. The predicted octanol–water partition coefficient (Wildman–Crippen LogP) is 3.87. The van der Waals surface area contributed by atoms with Crippen molar-refractivity contribution in [2.24, 2.45) is 0 Å². The van der Waals surface area contributed by atoms with Gasteiger partial charge < -0.3 is 10.1 Å². The van der Waals surface area contributed by atoms with Gasteiger partial charge in [-0.15, -0.1) is 10.2 Å². The molecule has 0 aliphatic rings. The molecule has 0 unspecified atom stereocenters. The first-order valence-corrected chi connectivity index (χ1v) is 9.94. The van der Waals surface area contributed by atoms with E-state index < -0.39 is 0 Å². The third-order valence-corrected chi connectivity index (χ3v) is 5.06. The average molecular weight is 418 g/mol. The molecule has 0 atom stereocenters. The van der Waals surface area contributed by atoms with Crippen LogP contribution in [0.3, 0.4) is 0 Å². The largest absolute Gasteiger partial charge is 0.471 e. The summed E-state index contributed by atoms with van der Waals surface area (Å²) >= 11 is 1.29. The maximum absolute atomic E-state index is 12.6. The Bertz CT molecular complexity index is 1130. The highest BCUT2D eigenvalue weighted by Gasteiger charge is 2.14. The Labute approximate surface area is 177 Å². The van der Waals surface area contributed by atoms with Crippen molar-refractivity contribution in [3.05, 3.63) is 78.2 Å². The van der Waals surface area contributed by atoms with E-state index in [1.807, 2.05) is 42.5 Å². The van der Waals surface area contributed by atoms with E-state index in [0.717, 1.165) is 11.1 Å². The van der Waals surface area contributed by atoms with Crippen LogP contribution in [-0.2, 0) is 6.61 Å². The molecule has 1 aromatic carbocycles. The molecular weight excluding hydrogens is 400 g/mol. The van der Waals surface area contributed by atoms with Crippen molar-refractivity contribution < 1.29 is 9.53 Å². The third kappa shape index (κ3) is 4.58. The van der Waals surface area contributed by atoms with Gasteiger partial charge >= 0.3 is 0 Å². The standard InChI is InChI=1S/C21H18N6O2S/c1-22-17-11-16(12-24-19(17)29-13-14-5-3-2-4-6-14)18(28)25-21-27-26-20(30-21)15-7-9-23-10-8-15/h2-12,22H,13H2,1H3,(H,25,27,28). The van der Waals surface area contributed by atoms with E-state index in [-0.39, 0.29) is 5.91 Å². The Morgan fingerprint density at radius 1 is 1.10 bits per heavy atom. The van der Waals surface area contributed by atoms with Crippen LogP contribution in [-0.4, -0.2) is 33.1 Å². The molecule has 3 aromatic heterocycles. The number of aromatic nitrogens is 4. The lowest BCUT2D eigenvalue weighted by Crippen LogP contribution is -2.13. The molecule has 0 bridgehead atoms. The number of benzene rings is 1. The predicted molar refractivity (Wildman–Crippen MR) is 116 cm³/mol. The van der Waals surface area contributed by atoms with E-state index in [4.69, 9.17) is 4.74 Å². The van der Waals surface area contributed by atoms with Gasteiger partial charge in [-0.3, -0.25) is 15.1 Å². The van der Waals surface area contributed by atoms with E-state index in [1.54, 1.807) is 25.5 Å². The first-order valence-electron chi connectivity index (χ1n) is 9.12. The van der Waals surface area contributed by atoms with Gasteiger partial charge in [-0.2, -0.15) is 0 Å². The first kappa shape index (κ1) is 19.5. The maximum atomic E-state index is 12.6. The average Bonchev–Trinajstić information content (AvgIpc) is 3.27. The fraction of sp³-hybridized carbons (Fsp3) is 0.0952. The molecular formula is C21H18N6O2S. The molecule has 9 heteroatoms. The summed E-state index contributed by atoms with van der Waals surface area (Å²) in [6.07, 6.45) is 4.84. The van der Waals surface area contributed by atoms with Crippen molar-refractivity contribution in [3.63, 3.8) is 0 Å². The second-order valence-electron chi connectivity index (χ2n) is 6.20. The number of amides is 1. The molecule has 0 aliphatic heterocycles. The molecule has 2 N–H and O–H groups in total. The summed E-state index contributed by atoms with van der Waals surface area (Å²) in [5, 5.41) is 15.0. The molecule has 4 aromatic rings. The normalized spacial score (nSPS) is 10.4. The summed E-state index contributed by atoms with van der Waals surface area (Å²) in [4.78, 5) is 20.9. The number of carbonyl (C=O) groups is 1. The molecule has 1 amide bonds. The fourth-order valence-corrected chi connectivity index (χ4v) is 3.39. The van der Waals surface area contributed by atoms with Crippen molar-refractivity contribution in [3.8, 4) is 16.5 Å². The summed E-state index contributed by atoms with van der Waals surface area (Å²) in [6.45, 7) is 0.386. The molecule has 0 aliphatic carbocycles. The van der Waals surface area contributed by atoms with Crippen molar-refractivity contribution >= 4 is 28.1 Å². The Hall–Kier alpha value is -3.85. The molecule has 150 valence electrons. The Morgan fingerprint density at radius 3 is 2.67 bits per heavy atom. The first-order chi connectivity index (χ1) is 14.7. The van der Waals surface area contributed by atoms with Crippen molar-refractivity contribution in [1.29, 1.82) is 0 Å². The minimum atomic E-state index is -0.328. The van der Waals surface area contributed by atoms with E-state index >= 15 is 0 Å². The number of carbonyl (C=O) groups excluding carboxylic acids is 1. The van der Waals surface area contributed by atoms with E-state index in [2.05, 4.69) is 30.8 Å². The SMILES string of the molecule is CNc1cc(C(=O)Nc2nnc(-c3ccncc3)s2)cnc1OCc1ccccc1. The molecule has 30 heavy (non-hydrogen) atoms. The van der Waals surface area contributed by atoms with Crippen LogP contribution in [0.5, 0.6) is 5.88 Å². The lowest BCUT2D eigenvalue weighted by atomic mass is 10.2. The smallest absolute Gasteiger partial charge is 0.259 e. The maximum Gasteiger partial charge on any atom is 0.259 e. The van der Waals surface area contributed by atoms with Gasteiger partial charge in [-0.25, -0.2) is 4.98 Å². The van der Waals surface area contributed by atoms with Crippen molar-refractivity contribution in [2.45, 2.75) is 6.61 Å². The second-order valence-corrected chi connectivity index (χ2v) is 7.18. The lowest BCUT2D eigenvalue weighted by molar-refractivity contribution is 0.102. The highest BCUT2D eigenvalue weighted by molar-refractivity contribution is 7.18. The van der Waals surface area contributed by atoms with E-state index in [1.165, 1.54) is 17.5 Å². The summed E-state index contributed by atoms with van der Waals surface area (Å²) in [6, 6.07) is 15.2. The van der Waals surface area contributed by atoms with Crippen molar-refractivity contribution in [2.75, 3.05) is 17.7 Å². The number of hydrogen-bond acceptors (Lipinski definition) is 8. The fourth-order valence-electron chi connectivity index (χ4n) is 2.65. The highest BCUT2D eigenvalue weighted by atomic mass is 32.1. The molecule has 0 radical (unpaired) electrons. The zero-order chi connectivity index (χ0) is 20.8. The van der Waals surface area contributed by atoms with Crippen LogP contribution < -0.4 is 15.4 Å². The van der Waals surface area contributed by atoms with Crippen LogP contribution in [0.25, 0.3) is 10.6 Å². The molecule has 4 rings (SSSR count). The molecule has 0 saturated carbocycles. The van der Waals surface area contributed by atoms with Gasteiger partial charge in [0, 0.05) is 31.2 Å². The summed E-state index contributed by atoms with van der Waals surface area (Å²) < 4.78 is 5.79. The number of nitrogens with zero attached hydrogens (tertiary/aromatic N) is 4. The van der Waals surface area contributed by atoms with Gasteiger partial charge in [0.05, 0.1) is 11.3 Å². The lowest BCUT2D eigenvalue weighted by Gasteiger charge is -2.11. The van der Waals surface area contributed by atoms with Crippen molar-refractivity contribution in [1.82, 2.24) is 20.2 Å². The molecule has 0 spiro atoms. The van der Waals surface area contributed by atoms with Gasteiger partial charge in [-0.05, 0) is 23.8 Å². The number of pyridine rings is 2. The molecule has 0 fully saturated rings. The zero-order valence-corrected chi connectivity index (χ0v) is 16.9. The number of anilines is 2. The number of rotatable bonds is 7. The minimum Gasteiger partial charge on any atom is -0.471 e.